The molecule has 0 bridgehead atoms. The van der Waals surface area contributed by atoms with Crippen molar-refractivity contribution < 1.29 is 19.1 Å². The van der Waals surface area contributed by atoms with Gasteiger partial charge >= 0.3 is 12.0 Å². The maximum atomic E-state index is 12.2. The van der Waals surface area contributed by atoms with E-state index in [1.54, 1.807) is 32.2 Å². The quantitative estimate of drug-likeness (QED) is 0.752. The van der Waals surface area contributed by atoms with E-state index in [-0.39, 0.29) is 6.42 Å². The summed E-state index contributed by atoms with van der Waals surface area (Å²) in [5.41, 5.74) is 1.63. The second kappa shape index (κ2) is 7.16. The summed E-state index contributed by atoms with van der Waals surface area (Å²) in [7, 11) is 0. The molecule has 0 fully saturated rings. The number of carbonyl (C=O) groups excluding carboxylic acids is 1. The number of amides is 2. The van der Waals surface area contributed by atoms with Crippen LogP contribution in [0.25, 0.3) is 11.5 Å². The van der Waals surface area contributed by atoms with Crippen LogP contribution in [0, 0.1) is 6.92 Å². The van der Waals surface area contributed by atoms with Crippen molar-refractivity contribution >= 4 is 17.7 Å². The third kappa shape index (κ3) is 4.58. The Morgan fingerprint density at radius 2 is 2.08 bits per heavy atom. The van der Waals surface area contributed by atoms with E-state index in [1.165, 1.54) is 6.26 Å². The zero-order chi connectivity index (χ0) is 17.7. The van der Waals surface area contributed by atoms with Gasteiger partial charge in [-0.3, -0.25) is 4.79 Å². The number of urea groups is 1. The lowest BCUT2D eigenvalue weighted by atomic mass is 9.99. The van der Waals surface area contributed by atoms with Crippen LogP contribution in [-0.2, 0) is 4.79 Å². The monoisotopic (exact) mass is 331 g/mol. The molecule has 0 saturated heterocycles. The standard InChI is InChI=1S/C17H21N3O4/c1-11-12(15-18-9-10-24-15)5-4-6-13(11)19-16(23)20-17(2,3)8-7-14(21)22/h4-6,9-10H,7-8H2,1-3H3,(H,21,22)(H2,19,20,23). The van der Waals surface area contributed by atoms with E-state index in [1.807, 2.05) is 13.0 Å². The number of hydrogen-bond acceptors (Lipinski definition) is 4. The molecule has 24 heavy (non-hydrogen) atoms. The molecule has 2 rings (SSSR count). The van der Waals surface area contributed by atoms with E-state index < -0.39 is 17.5 Å². The van der Waals surface area contributed by atoms with Crippen molar-refractivity contribution in [2.45, 2.75) is 39.2 Å². The molecular formula is C17H21N3O4. The summed E-state index contributed by atoms with van der Waals surface area (Å²) >= 11 is 0. The number of hydrogen-bond donors (Lipinski definition) is 3. The number of aromatic nitrogens is 1. The van der Waals surface area contributed by atoms with Crippen molar-refractivity contribution in [3.63, 3.8) is 0 Å². The smallest absolute Gasteiger partial charge is 0.319 e. The minimum Gasteiger partial charge on any atom is -0.481 e. The fraction of sp³-hybridized carbons (Fsp3) is 0.353. The molecule has 0 aliphatic carbocycles. The van der Waals surface area contributed by atoms with Crippen LogP contribution in [0.15, 0.2) is 35.1 Å². The fourth-order valence-corrected chi connectivity index (χ4v) is 2.30. The highest BCUT2D eigenvalue weighted by atomic mass is 16.4. The van der Waals surface area contributed by atoms with Crippen molar-refractivity contribution in [3.8, 4) is 11.5 Å². The number of aliphatic carboxylic acids is 1. The van der Waals surface area contributed by atoms with E-state index in [2.05, 4.69) is 15.6 Å². The normalized spacial score (nSPS) is 11.1. The lowest BCUT2D eigenvalue weighted by Gasteiger charge is -2.26. The molecule has 0 spiro atoms. The van der Waals surface area contributed by atoms with Gasteiger partial charge in [0.2, 0.25) is 5.89 Å². The molecule has 0 unspecified atom stereocenters. The lowest BCUT2D eigenvalue weighted by molar-refractivity contribution is -0.137. The first-order chi connectivity index (χ1) is 11.3. The number of nitrogens with one attached hydrogen (secondary N) is 2. The van der Waals surface area contributed by atoms with Crippen molar-refractivity contribution in [2.24, 2.45) is 0 Å². The molecule has 0 aliphatic heterocycles. The number of anilines is 1. The van der Waals surface area contributed by atoms with Crippen molar-refractivity contribution in [3.05, 3.63) is 36.2 Å². The lowest BCUT2D eigenvalue weighted by Crippen LogP contribution is -2.45. The van der Waals surface area contributed by atoms with Gasteiger partial charge in [0.05, 0.1) is 6.20 Å². The second-order valence-corrected chi connectivity index (χ2v) is 6.17. The first-order valence-electron chi connectivity index (χ1n) is 7.59. The van der Waals surface area contributed by atoms with Gasteiger partial charge in [-0.05, 0) is 44.9 Å². The number of carboxylic acids is 1. The minimum absolute atomic E-state index is 0.00798. The van der Waals surface area contributed by atoms with Crippen molar-refractivity contribution in [1.82, 2.24) is 10.3 Å². The Morgan fingerprint density at radius 3 is 2.71 bits per heavy atom. The second-order valence-electron chi connectivity index (χ2n) is 6.17. The third-order valence-electron chi connectivity index (χ3n) is 3.66. The molecule has 1 aromatic heterocycles. The number of carbonyl (C=O) groups is 2. The van der Waals surface area contributed by atoms with Crippen LogP contribution in [0.3, 0.4) is 0 Å². The summed E-state index contributed by atoms with van der Waals surface area (Å²) in [6.45, 7) is 5.43. The molecule has 0 saturated carbocycles. The summed E-state index contributed by atoms with van der Waals surface area (Å²) in [5.74, 6) is -0.405. The highest BCUT2D eigenvalue weighted by molar-refractivity contribution is 5.91. The Morgan fingerprint density at radius 1 is 1.33 bits per heavy atom. The van der Waals surface area contributed by atoms with E-state index in [0.29, 0.717) is 18.0 Å². The highest BCUT2D eigenvalue weighted by Crippen LogP contribution is 2.27. The van der Waals surface area contributed by atoms with E-state index >= 15 is 0 Å². The zero-order valence-electron chi connectivity index (χ0n) is 13.9. The summed E-state index contributed by atoms with van der Waals surface area (Å²) in [4.78, 5) is 27.0. The summed E-state index contributed by atoms with van der Waals surface area (Å²) in [6, 6.07) is 5.06. The van der Waals surface area contributed by atoms with E-state index in [0.717, 1.165) is 11.1 Å². The molecule has 1 heterocycles. The molecule has 3 N–H and O–H groups in total. The van der Waals surface area contributed by atoms with Gasteiger partial charge < -0.3 is 20.2 Å². The Bertz CT molecular complexity index is 723. The predicted octanol–water partition coefficient (Wildman–Crippen LogP) is 3.41. The summed E-state index contributed by atoms with van der Waals surface area (Å²) in [5, 5.41) is 14.3. The van der Waals surface area contributed by atoms with Gasteiger partial charge in [-0.15, -0.1) is 0 Å². The van der Waals surface area contributed by atoms with Crippen LogP contribution in [0.5, 0.6) is 0 Å². The number of benzene rings is 1. The Balaban J connectivity index is 2.07. The SMILES string of the molecule is Cc1c(NC(=O)NC(C)(C)CCC(=O)O)cccc1-c1ncco1. The maximum absolute atomic E-state index is 12.2. The molecule has 0 radical (unpaired) electrons. The van der Waals surface area contributed by atoms with Crippen molar-refractivity contribution in [1.29, 1.82) is 0 Å². The molecule has 7 nitrogen and oxygen atoms in total. The topological polar surface area (TPSA) is 104 Å². The number of carboxylic acid groups (broad SMARTS) is 1. The Kier molecular flexibility index (Phi) is 5.23. The van der Waals surface area contributed by atoms with Gasteiger partial charge in [-0.1, -0.05) is 6.07 Å². The average Bonchev–Trinajstić information content (AvgIpc) is 3.01. The molecule has 1 aromatic carbocycles. The summed E-state index contributed by atoms with van der Waals surface area (Å²) < 4.78 is 5.30. The molecular weight excluding hydrogens is 310 g/mol. The van der Waals surface area contributed by atoms with Gasteiger partial charge in [0, 0.05) is 23.2 Å². The Hall–Kier alpha value is -2.83. The number of oxazole rings is 1. The van der Waals surface area contributed by atoms with E-state index in [4.69, 9.17) is 9.52 Å². The zero-order valence-corrected chi connectivity index (χ0v) is 13.9. The molecule has 128 valence electrons. The fourth-order valence-electron chi connectivity index (χ4n) is 2.30. The van der Waals surface area contributed by atoms with Gasteiger partial charge in [0.25, 0.3) is 0 Å². The first kappa shape index (κ1) is 17.5. The van der Waals surface area contributed by atoms with Crippen LogP contribution in [-0.4, -0.2) is 27.6 Å². The Labute approximate surface area is 140 Å². The predicted molar refractivity (Wildman–Crippen MR) is 89.8 cm³/mol. The van der Waals surface area contributed by atoms with Crippen LogP contribution in [0.1, 0.15) is 32.3 Å². The van der Waals surface area contributed by atoms with Crippen molar-refractivity contribution in [2.75, 3.05) is 5.32 Å². The van der Waals surface area contributed by atoms with Crippen LogP contribution >= 0.6 is 0 Å². The highest BCUT2D eigenvalue weighted by Gasteiger charge is 2.22. The molecule has 2 amide bonds. The maximum Gasteiger partial charge on any atom is 0.319 e. The van der Waals surface area contributed by atoms with Gasteiger partial charge in [0.1, 0.15) is 6.26 Å². The third-order valence-corrected chi connectivity index (χ3v) is 3.66. The minimum atomic E-state index is -0.889. The number of nitrogens with zero attached hydrogens (tertiary/aromatic N) is 1. The molecule has 0 aliphatic rings. The average molecular weight is 331 g/mol. The van der Waals surface area contributed by atoms with Gasteiger partial charge in [-0.25, -0.2) is 9.78 Å². The van der Waals surface area contributed by atoms with Crippen LogP contribution < -0.4 is 10.6 Å². The molecule has 2 aromatic rings. The molecule has 0 atom stereocenters. The van der Waals surface area contributed by atoms with Gasteiger partial charge in [-0.2, -0.15) is 0 Å². The van der Waals surface area contributed by atoms with Gasteiger partial charge in [0.15, 0.2) is 0 Å². The van der Waals surface area contributed by atoms with E-state index in [9.17, 15) is 9.59 Å². The number of rotatable bonds is 6. The van der Waals surface area contributed by atoms with Crippen LogP contribution in [0.4, 0.5) is 10.5 Å². The first-order valence-corrected chi connectivity index (χ1v) is 7.59. The molecule has 7 heteroatoms. The van der Waals surface area contributed by atoms with Crippen LogP contribution in [0.2, 0.25) is 0 Å². The summed E-state index contributed by atoms with van der Waals surface area (Å²) in [6.07, 6.45) is 3.39. The largest absolute Gasteiger partial charge is 0.481 e.